The van der Waals surface area contributed by atoms with E-state index in [2.05, 4.69) is 37.2 Å². The third-order valence-electron chi connectivity index (χ3n) is 2.14. The van der Waals surface area contributed by atoms with Gasteiger partial charge in [0.25, 0.3) is 0 Å². The van der Waals surface area contributed by atoms with Crippen molar-refractivity contribution >= 4 is 53.3 Å². The first-order valence-electron chi connectivity index (χ1n) is 4.12. The number of aliphatic hydroxyl groups excluding tert-OH is 1. The van der Waals surface area contributed by atoms with E-state index in [-0.39, 0.29) is 6.61 Å². The number of rotatable bonds is 2. The highest BCUT2D eigenvalue weighted by atomic mass is 79.9. The Morgan fingerprint density at radius 1 is 1.29 bits per heavy atom. The fourth-order valence-corrected chi connectivity index (χ4v) is 3.92. The molecule has 14 heavy (non-hydrogen) atoms. The lowest BCUT2D eigenvalue weighted by molar-refractivity contribution is 0.283. The maximum Gasteiger partial charge on any atom is 0.0695 e. The second-order valence-electron chi connectivity index (χ2n) is 2.96. The molecular formula is C10H8Br2OS. The zero-order chi connectivity index (χ0) is 10.1. The van der Waals surface area contributed by atoms with Crippen LogP contribution in [0.25, 0.3) is 10.1 Å². The van der Waals surface area contributed by atoms with Crippen molar-refractivity contribution in [1.29, 1.82) is 0 Å². The van der Waals surface area contributed by atoms with E-state index in [1.54, 1.807) is 11.3 Å². The molecule has 1 heterocycles. The minimum atomic E-state index is 0.103. The van der Waals surface area contributed by atoms with Crippen LogP contribution in [0.3, 0.4) is 0 Å². The zero-order valence-corrected chi connectivity index (χ0v) is 11.2. The highest BCUT2D eigenvalue weighted by Crippen LogP contribution is 2.35. The first-order valence-corrected chi connectivity index (χ1v) is 6.91. The molecule has 1 N–H and O–H groups in total. The van der Waals surface area contributed by atoms with Gasteiger partial charge >= 0.3 is 0 Å². The Kier molecular flexibility index (Phi) is 3.27. The SMILES string of the molecule is OCc1ccc(Br)c2c(CBr)csc12. The molecule has 1 aromatic heterocycles. The highest BCUT2D eigenvalue weighted by molar-refractivity contribution is 9.10. The summed E-state index contributed by atoms with van der Waals surface area (Å²) >= 11 is 8.68. The number of hydrogen-bond donors (Lipinski definition) is 1. The summed E-state index contributed by atoms with van der Waals surface area (Å²) in [6.45, 7) is 0.103. The van der Waals surface area contributed by atoms with Crippen molar-refractivity contribution in [2.45, 2.75) is 11.9 Å². The van der Waals surface area contributed by atoms with E-state index in [1.165, 1.54) is 15.6 Å². The minimum Gasteiger partial charge on any atom is -0.392 e. The summed E-state index contributed by atoms with van der Waals surface area (Å²) in [5.74, 6) is 0. The Morgan fingerprint density at radius 2 is 2.07 bits per heavy atom. The molecule has 0 fully saturated rings. The molecule has 0 atom stereocenters. The van der Waals surface area contributed by atoms with E-state index >= 15 is 0 Å². The van der Waals surface area contributed by atoms with E-state index in [0.717, 1.165) is 15.4 Å². The van der Waals surface area contributed by atoms with Crippen LogP contribution in [0.15, 0.2) is 22.0 Å². The number of benzene rings is 1. The van der Waals surface area contributed by atoms with E-state index in [1.807, 2.05) is 12.1 Å². The van der Waals surface area contributed by atoms with E-state index in [4.69, 9.17) is 0 Å². The molecule has 0 bridgehead atoms. The van der Waals surface area contributed by atoms with Crippen LogP contribution in [0, 0.1) is 0 Å². The molecule has 2 aromatic rings. The van der Waals surface area contributed by atoms with Gasteiger partial charge in [0.1, 0.15) is 0 Å². The lowest BCUT2D eigenvalue weighted by Crippen LogP contribution is -1.84. The highest BCUT2D eigenvalue weighted by Gasteiger charge is 2.09. The molecule has 4 heteroatoms. The fourth-order valence-electron chi connectivity index (χ4n) is 1.45. The topological polar surface area (TPSA) is 20.2 Å². The smallest absolute Gasteiger partial charge is 0.0695 e. The standard InChI is InChI=1S/C10H8Br2OS/c11-3-7-5-14-10-6(4-13)1-2-8(12)9(7)10/h1-2,5,13H,3-4H2. The molecule has 0 unspecified atom stereocenters. The quantitative estimate of drug-likeness (QED) is 0.821. The average Bonchev–Trinajstić information content (AvgIpc) is 2.63. The monoisotopic (exact) mass is 334 g/mol. The van der Waals surface area contributed by atoms with E-state index < -0.39 is 0 Å². The summed E-state index contributed by atoms with van der Waals surface area (Å²) in [6, 6.07) is 3.95. The van der Waals surface area contributed by atoms with Gasteiger partial charge in [0.05, 0.1) is 6.61 Å². The molecule has 2 rings (SSSR count). The van der Waals surface area contributed by atoms with Crippen LogP contribution >= 0.6 is 43.2 Å². The number of thiophene rings is 1. The lowest BCUT2D eigenvalue weighted by Gasteiger charge is -2.02. The van der Waals surface area contributed by atoms with Gasteiger partial charge in [0.15, 0.2) is 0 Å². The van der Waals surface area contributed by atoms with Gasteiger partial charge < -0.3 is 5.11 Å². The molecule has 0 saturated heterocycles. The Bertz CT molecular complexity index is 464. The van der Waals surface area contributed by atoms with Crippen molar-refractivity contribution in [3.05, 3.63) is 33.1 Å². The largest absolute Gasteiger partial charge is 0.392 e. The fraction of sp³-hybridized carbons (Fsp3) is 0.200. The number of fused-ring (bicyclic) bond motifs is 1. The molecule has 74 valence electrons. The lowest BCUT2D eigenvalue weighted by atomic mass is 10.1. The molecule has 0 aliphatic carbocycles. The second-order valence-corrected chi connectivity index (χ2v) is 5.26. The molecule has 0 aliphatic heterocycles. The molecular weight excluding hydrogens is 328 g/mol. The first kappa shape index (κ1) is 10.6. The van der Waals surface area contributed by atoms with E-state index in [9.17, 15) is 5.11 Å². The summed E-state index contributed by atoms with van der Waals surface area (Å²) in [6.07, 6.45) is 0. The van der Waals surface area contributed by atoms with Crippen LogP contribution < -0.4 is 0 Å². The molecule has 0 spiro atoms. The Hall–Kier alpha value is 0.1000. The summed E-state index contributed by atoms with van der Waals surface area (Å²) in [5.41, 5.74) is 2.27. The van der Waals surface area contributed by atoms with Gasteiger partial charge in [-0.1, -0.05) is 37.9 Å². The van der Waals surface area contributed by atoms with Crippen molar-refractivity contribution in [3.8, 4) is 0 Å². The molecule has 1 nitrogen and oxygen atoms in total. The van der Waals surface area contributed by atoms with Crippen molar-refractivity contribution in [2.24, 2.45) is 0 Å². The second kappa shape index (κ2) is 4.31. The number of alkyl halides is 1. The van der Waals surface area contributed by atoms with Gasteiger partial charge in [-0.2, -0.15) is 0 Å². The molecule has 0 aliphatic rings. The van der Waals surface area contributed by atoms with Crippen LogP contribution in [-0.2, 0) is 11.9 Å². The van der Waals surface area contributed by atoms with Crippen LogP contribution in [0.4, 0.5) is 0 Å². The van der Waals surface area contributed by atoms with Gasteiger partial charge in [0.2, 0.25) is 0 Å². The van der Waals surface area contributed by atoms with Crippen LogP contribution in [-0.4, -0.2) is 5.11 Å². The summed E-state index contributed by atoms with van der Waals surface area (Å²) in [7, 11) is 0. The van der Waals surface area contributed by atoms with Crippen molar-refractivity contribution < 1.29 is 5.11 Å². The predicted octanol–water partition coefficient (Wildman–Crippen LogP) is 4.05. The maximum atomic E-state index is 9.19. The van der Waals surface area contributed by atoms with Crippen molar-refractivity contribution in [3.63, 3.8) is 0 Å². The Labute approximate surface area is 103 Å². The zero-order valence-electron chi connectivity index (χ0n) is 7.26. The summed E-state index contributed by atoms with van der Waals surface area (Å²) in [4.78, 5) is 0. The summed E-state index contributed by atoms with van der Waals surface area (Å²) in [5, 5.41) is 13.4. The normalized spacial score (nSPS) is 11.1. The van der Waals surface area contributed by atoms with Crippen molar-refractivity contribution in [2.75, 3.05) is 0 Å². The number of hydrogen-bond acceptors (Lipinski definition) is 2. The van der Waals surface area contributed by atoms with Crippen LogP contribution in [0.2, 0.25) is 0 Å². The third kappa shape index (κ3) is 1.65. The van der Waals surface area contributed by atoms with Gasteiger partial charge in [-0.05, 0) is 22.6 Å². The van der Waals surface area contributed by atoms with Gasteiger partial charge in [-0.25, -0.2) is 0 Å². The van der Waals surface area contributed by atoms with Gasteiger partial charge in [-0.15, -0.1) is 11.3 Å². The Morgan fingerprint density at radius 3 is 2.71 bits per heavy atom. The molecule has 0 radical (unpaired) electrons. The molecule has 0 amide bonds. The van der Waals surface area contributed by atoms with E-state index in [0.29, 0.717) is 0 Å². The minimum absolute atomic E-state index is 0.103. The number of aliphatic hydroxyl groups is 1. The summed E-state index contributed by atoms with van der Waals surface area (Å²) < 4.78 is 2.27. The van der Waals surface area contributed by atoms with Gasteiger partial charge in [-0.3, -0.25) is 0 Å². The van der Waals surface area contributed by atoms with Gasteiger partial charge in [0, 0.05) is 19.9 Å². The van der Waals surface area contributed by atoms with Crippen molar-refractivity contribution in [1.82, 2.24) is 0 Å². The van der Waals surface area contributed by atoms with Crippen LogP contribution in [0.1, 0.15) is 11.1 Å². The first-order chi connectivity index (χ1) is 6.77. The molecule has 0 saturated carbocycles. The average molecular weight is 336 g/mol. The number of halogens is 2. The maximum absolute atomic E-state index is 9.19. The van der Waals surface area contributed by atoms with Crippen LogP contribution in [0.5, 0.6) is 0 Å². The third-order valence-corrected chi connectivity index (χ3v) is 4.51. The molecule has 1 aromatic carbocycles. The predicted molar refractivity (Wildman–Crippen MR) is 68.1 cm³/mol. The Balaban J connectivity index is 2.80.